The van der Waals surface area contributed by atoms with Crippen LogP contribution in [0.5, 0.6) is 5.75 Å². The molecule has 0 amide bonds. The molecule has 1 N–H and O–H groups in total. The highest BCUT2D eigenvalue weighted by Gasteiger charge is 2.33. The van der Waals surface area contributed by atoms with Crippen LogP contribution in [-0.2, 0) is 25.7 Å². The number of carbonyl (C=O) groups excluding carboxylic acids is 1. The zero-order chi connectivity index (χ0) is 25.8. The van der Waals surface area contributed by atoms with Gasteiger partial charge in [-0.05, 0) is 56.2 Å². The Kier molecular flexibility index (Phi) is 8.16. The fourth-order valence-corrected chi connectivity index (χ4v) is 5.16. The summed E-state index contributed by atoms with van der Waals surface area (Å²) in [5, 5.41) is 0. The Balaban J connectivity index is 2.02. The molecular formula is C23H27F3N2O6S. The maximum Gasteiger partial charge on any atom is 0.416 e. The number of halogens is 3. The first-order chi connectivity index (χ1) is 16.5. The number of esters is 1. The van der Waals surface area contributed by atoms with Gasteiger partial charge in [0, 0.05) is 19.7 Å². The monoisotopic (exact) mass is 516 g/mol. The summed E-state index contributed by atoms with van der Waals surface area (Å²) in [6, 6.07) is 6.57. The second kappa shape index (κ2) is 10.7. The summed E-state index contributed by atoms with van der Waals surface area (Å²) < 4.78 is 84.7. The summed E-state index contributed by atoms with van der Waals surface area (Å²) in [4.78, 5) is 13.3. The quantitative estimate of drug-likeness (QED) is 0.523. The number of rotatable bonds is 8. The van der Waals surface area contributed by atoms with Crippen LogP contribution in [0.3, 0.4) is 0 Å². The van der Waals surface area contributed by atoms with E-state index in [0.717, 1.165) is 25.3 Å². The van der Waals surface area contributed by atoms with Gasteiger partial charge in [-0.2, -0.15) is 13.2 Å². The molecule has 0 aliphatic carbocycles. The molecule has 0 spiro atoms. The van der Waals surface area contributed by atoms with Gasteiger partial charge in [-0.25, -0.2) is 13.2 Å². The van der Waals surface area contributed by atoms with E-state index in [1.165, 1.54) is 25.3 Å². The lowest BCUT2D eigenvalue weighted by molar-refractivity contribution is -0.137. The molecule has 8 nitrogen and oxygen atoms in total. The van der Waals surface area contributed by atoms with Crippen molar-refractivity contribution in [2.75, 3.05) is 43.5 Å². The number of anilines is 2. The topological polar surface area (TPSA) is 94.2 Å². The molecule has 192 valence electrons. The van der Waals surface area contributed by atoms with Crippen molar-refractivity contribution < 1.29 is 40.6 Å². The molecule has 12 heteroatoms. The fourth-order valence-electron chi connectivity index (χ4n) is 3.90. The van der Waals surface area contributed by atoms with Crippen LogP contribution in [0.4, 0.5) is 24.5 Å². The Labute approximate surface area is 202 Å². The minimum absolute atomic E-state index is 0.0381. The molecule has 2 aromatic rings. The van der Waals surface area contributed by atoms with E-state index < -0.39 is 32.6 Å². The van der Waals surface area contributed by atoms with E-state index in [9.17, 15) is 26.4 Å². The van der Waals surface area contributed by atoms with Crippen molar-refractivity contribution in [1.29, 1.82) is 0 Å². The zero-order valence-electron chi connectivity index (χ0n) is 19.5. The first-order valence-corrected chi connectivity index (χ1v) is 12.4. The number of alkyl halides is 3. The van der Waals surface area contributed by atoms with Gasteiger partial charge in [0.1, 0.15) is 10.6 Å². The predicted molar refractivity (Wildman–Crippen MR) is 123 cm³/mol. The largest absolute Gasteiger partial charge is 0.495 e. The van der Waals surface area contributed by atoms with Crippen LogP contribution in [0.15, 0.2) is 41.3 Å². The van der Waals surface area contributed by atoms with Crippen LogP contribution < -0.4 is 14.4 Å². The average molecular weight is 517 g/mol. The number of benzene rings is 2. The summed E-state index contributed by atoms with van der Waals surface area (Å²) >= 11 is 0. The Bertz CT molecular complexity index is 1160. The van der Waals surface area contributed by atoms with Gasteiger partial charge in [-0.3, -0.25) is 4.72 Å². The van der Waals surface area contributed by atoms with Gasteiger partial charge < -0.3 is 19.1 Å². The molecule has 0 atom stereocenters. The molecule has 0 unspecified atom stereocenters. The lowest BCUT2D eigenvalue weighted by Crippen LogP contribution is -2.37. The van der Waals surface area contributed by atoms with Crippen molar-refractivity contribution in [2.24, 2.45) is 0 Å². The first kappa shape index (κ1) is 26.6. The van der Waals surface area contributed by atoms with Crippen molar-refractivity contribution in [1.82, 2.24) is 0 Å². The predicted octanol–water partition coefficient (Wildman–Crippen LogP) is 4.31. The zero-order valence-corrected chi connectivity index (χ0v) is 20.3. The number of ether oxygens (including phenoxy) is 3. The van der Waals surface area contributed by atoms with Crippen molar-refractivity contribution in [2.45, 2.75) is 36.9 Å². The van der Waals surface area contributed by atoms with Gasteiger partial charge in [0.15, 0.2) is 0 Å². The van der Waals surface area contributed by atoms with Gasteiger partial charge in [-0.15, -0.1) is 0 Å². The molecule has 1 aliphatic heterocycles. The lowest BCUT2D eigenvalue weighted by atomic mass is 10.1. The third kappa shape index (κ3) is 6.17. The summed E-state index contributed by atoms with van der Waals surface area (Å²) in [5.41, 5.74) is -0.991. The van der Waals surface area contributed by atoms with Crippen molar-refractivity contribution >= 4 is 27.4 Å². The van der Waals surface area contributed by atoms with Crippen molar-refractivity contribution in [3.63, 3.8) is 0 Å². The van der Waals surface area contributed by atoms with E-state index in [1.807, 2.05) is 11.8 Å². The van der Waals surface area contributed by atoms with Gasteiger partial charge >= 0.3 is 12.1 Å². The summed E-state index contributed by atoms with van der Waals surface area (Å²) in [6.07, 6.45) is -3.34. The van der Waals surface area contributed by atoms with E-state index in [2.05, 4.69) is 9.46 Å². The minimum Gasteiger partial charge on any atom is -0.495 e. The Morgan fingerprint density at radius 3 is 2.37 bits per heavy atom. The van der Waals surface area contributed by atoms with E-state index >= 15 is 0 Å². The Morgan fingerprint density at radius 1 is 1.11 bits per heavy atom. The van der Waals surface area contributed by atoms with Crippen LogP contribution in [-0.4, -0.2) is 54.4 Å². The minimum atomic E-state index is -4.68. The molecular weight excluding hydrogens is 489 g/mol. The Morgan fingerprint density at radius 2 is 1.80 bits per heavy atom. The molecule has 1 aliphatic rings. The number of methoxy groups -OCH3 is 2. The number of nitrogens with zero attached hydrogens (tertiary/aromatic N) is 1. The van der Waals surface area contributed by atoms with Gasteiger partial charge in [0.05, 0.1) is 42.8 Å². The van der Waals surface area contributed by atoms with E-state index in [-0.39, 0.29) is 23.1 Å². The molecule has 0 radical (unpaired) electrons. The molecule has 3 rings (SSSR count). The van der Waals surface area contributed by atoms with Crippen LogP contribution in [0, 0.1) is 0 Å². The highest BCUT2D eigenvalue weighted by molar-refractivity contribution is 7.92. The molecule has 0 saturated carbocycles. The molecule has 35 heavy (non-hydrogen) atoms. The van der Waals surface area contributed by atoms with E-state index in [4.69, 9.17) is 9.47 Å². The molecule has 0 aromatic heterocycles. The number of sulfonamides is 1. The van der Waals surface area contributed by atoms with Crippen LogP contribution in [0.25, 0.3) is 0 Å². The summed E-state index contributed by atoms with van der Waals surface area (Å²) in [5.74, 6) is -0.864. The molecule has 1 heterocycles. The second-order valence-corrected chi connectivity index (χ2v) is 9.48. The highest BCUT2D eigenvalue weighted by Crippen LogP contribution is 2.38. The number of carbonyl (C=O) groups is 1. The number of hydrogen-bond donors (Lipinski definition) is 1. The number of nitrogens with one attached hydrogen (secondary N) is 1. The third-order valence-corrected chi connectivity index (χ3v) is 7.01. The standard InChI is InChI=1S/C23H27F3N2O6S/c1-4-34-17-9-11-28(12-10-17)19-7-6-16(23(24,25)26)14-18(19)27-35(30,31)21-13-15(22(29)33-3)5-8-20(21)32-2/h5-8,13-14,17,27H,4,9-12H2,1-3H3. The summed E-state index contributed by atoms with van der Waals surface area (Å²) in [6.45, 7) is 3.40. The van der Waals surface area contributed by atoms with E-state index in [1.54, 1.807) is 0 Å². The smallest absolute Gasteiger partial charge is 0.416 e. The van der Waals surface area contributed by atoms with E-state index in [0.29, 0.717) is 38.2 Å². The molecule has 2 aromatic carbocycles. The van der Waals surface area contributed by atoms with Crippen molar-refractivity contribution in [3.8, 4) is 5.75 Å². The molecule has 1 fully saturated rings. The molecule has 0 bridgehead atoms. The van der Waals surface area contributed by atoms with Gasteiger partial charge in [0.25, 0.3) is 10.0 Å². The maximum atomic E-state index is 13.5. The normalized spacial score (nSPS) is 15.1. The Hall–Kier alpha value is -2.99. The average Bonchev–Trinajstić information content (AvgIpc) is 2.83. The van der Waals surface area contributed by atoms with Gasteiger partial charge in [-0.1, -0.05) is 0 Å². The maximum absolute atomic E-state index is 13.5. The first-order valence-electron chi connectivity index (χ1n) is 10.9. The number of piperidine rings is 1. The fraction of sp³-hybridized carbons (Fsp3) is 0.435. The van der Waals surface area contributed by atoms with Crippen LogP contribution in [0.2, 0.25) is 0 Å². The SMILES string of the molecule is CCOC1CCN(c2ccc(C(F)(F)F)cc2NS(=O)(=O)c2cc(C(=O)OC)ccc2OC)CC1. The third-order valence-electron chi connectivity index (χ3n) is 5.63. The highest BCUT2D eigenvalue weighted by atomic mass is 32.2. The van der Waals surface area contributed by atoms with Crippen LogP contribution >= 0.6 is 0 Å². The molecule has 1 saturated heterocycles. The van der Waals surface area contributed by atoms with Crippen molar-refractivity contribution in [3.05, 3.63) is 47.5 Å². The second-order valence-electron chi connectivity index (χ2n) is 7.83. The lowest BCUT2D eigenvalue weighted by Gasteiger charge is -2.34. The summed E-state index contributed by atoms with van der Waals surface area (Å²) in [7, 11) is -2.08. The number of hydrogen-bond acceptors (Lipinski definition) is 7. The van der Waals surface area contributed by atoms with Gasteiger partial charge in [0.2, 0.25) is 0 Å². The van der Waals surface area contributed by atoms with Crippen LogP contribution in [0.1, 0.15) is 35.7 Å².